The monoisotopic (exact) mass is 415 g/mol. The van der Waals surface area contributed by atoms with E-state index in [1.165, 1.54) is 12.1 Å². The molecule has 2 aromatic rings. The second-order valence-corrected chi connectivity index (χ2v) is 7.46. The SMILES string of the molecule is COc1ccc(CCNC(=O)CN2CCN(Cc3cc(F)ccc3OC)CC2)cc1. The maximum atomic E-state index is 13.6. The summed E-state index contributed by atoms with van der Waals surface area (Å²) in [5.74, 6) is 1.33. The number of carbonyl (C=O) groups excluding carboxylic acids is 1. The third-order valence-electron chi connectivity index (χ3n) is 5.36. The van der Waals surface area contributed by atoms with Crippen molar-refractivity contribution >= 4 is 5.91 Å². The summed E-state index contributed by atoms with van der Waals surface area (Å²) in [7, 11) is 3.25. The highest BCUT2D eigenvalue weighted by atomic mass is 19.1. The van der Waals surface area contributed by atoms with Crippen LogP contribution in [0.1, 0.15) is 11.1 Å². The lowest BCUT2D eigenvalue weighted by Gasteiger charge is -2.34. The number of rotatable bonds is 9. The molecule has 0 radical (unpaired) electrons. The van der Waals surface area contributed by atoms with Gasteiger partial charge in [-0.2, -0.15) is 0 Å². The molecule has 0 atom stereocenters. The summed E-state index contributed by atoms with van der Waals surface area (Å²) in [6.07, 6.45) is 0.791. The minimum Gasteiger partial charge on any atom is -0.497 e. The third-order valence-corrected chi connectivity index (χ3v) is 5.36. The van der Waals surface area contributed by atoms with Gasteiger partial charge in [-0.25, -0.2) is 4.39 Å². The normalized spacial score (nSPS) is 15.0. The van der Waals surface area contributed by atoms with E-state index in [0.717, 1.165) is 49.5 Å². The largest absolute Gasteiger partial charge is 0.497 e. The van der Waals surface area contributed by atoms with Gasteiger partial charge in [-0.05, 0) is 42.3 Å². The molecule has 0 bridgehead atoms. The number of methoxy groups -OCH3 is 2. The number of amides is 1. The van der Waals surface area contributed by atoms with Crippen LogP contribution in [0.25, 0.3) is 0 Å². The first kappa shape index (κ1) is 22.1. The van der Waals surface area contributed by atoms with Crippen LogP contribution in [-0.4, -0.2) is 69.2 Å². The molecule has 7 heteroatoms. The average Bonchev–Trinajstić information content (AvgIpc) is 2.76. The number of carbonyl (C=O) groups is 1. The maximum Gasteiger partial charge on any atom is 0.234 e. The molecule has 3 rings (SSSR count). The first-order valence-electron chi connectivity index (χ1n) is 10.2. The lowest BCUT2D eigenvalue weighted by molar-refractivity contribution is -0.122. The van der Waals surface area contributed by atoms with Crippen LogP contribution in [0, 0.1) is 5.82 Å². The zero-order valence-corrected chi connectivity index (χ0v) is 17.7. The fraction of sp³-hybridized carbons (Fsp3) is 0.435. The van der Waals surface area contributed by atoms with Gasteiger partial charge in [-0.3, -0.25) is 14.6 Å². The van der Waals surface area contributed by atoms with Crippen LogP contribution in [0.15, 0.2) is 42.5 Å². The summed E-state index contributed by atoms with van der Waals surface area (Å²) in [5.41, 5.74) is 2.01. The molecule has 1 heterocycles. The van der Waals surface area contributed by atoms with E-state index < -0.39 is 0 Å². The van der Waals surface area contributed by atoms with Crippen molar-refractivity contribution in [2.24, 2.45) is 0 Å². The molecule has 1 saturated heterocycles. The second-order valence-electron chi connectivity index (χ2n) is 7.46. The Labute approximate surface area is 177 Å². The highest BCUT2D eigenvalue weighted by Crippen LogP contribution is 2.21. The van der Waals surface area contributed by atoms with Crippen LogP contribution in [-0.2, 0) is 17.8 Å². The molecular weight excluding hydrogens is 385 g/mol. The molecule has 2 aromatic carbocycles. The van der Waals surface area contributed by atoms with Gasteiger partial charge in [-0.15, -0.1) is 0 Å². The van der Waals surface area contributed by atoms with E-state index in [4.69, 9.17) is 9.47 Å². The molecule has 162 valence electrons. The Morgan fingerprint density at radius 2 is 1.70 bits per heavy atom. The Morgan fingerprint density at radius 3 is 2.37 bits per heavy atom. The lowest BCUT2D eigenvalue weighted by Crippen LogP contribution is -2.49. The fourth-order valence-electron chi connectivity index (χ4n) is 3.61. The van der Waals surface area contributed by atoms with Crippen molar-refractivity contribution in [3.8, 4) is 11.5 Å². The van der Waals surface area contributed by atoms with Gasteiger partial charge in [0, 0.05) is 44.8 Å². The number of piperazine rings is 1. The third kappa shape index (κ3) is 6.43. The van der Waals surface area contributed by atoms with E-state index in [2.05, 4.69) is 15.1 Å². The Balaban J connectivity index is 1.37. The minimum atomic E-state index is -0.254. The summed E-state index contributed by atoms with van der Waals surface area (Å²) >= 11 is 0. The van der Waals surface area contributed by atoms with E-state index >= 15 is 0 Å². The number of nitrogens with one attached hydrogen (secondary N) is 1. The molecular formula is C23H30FN3O3. The van der Waals surface area contributed by atoms with Crippen LogP contribution in [0.4, 0.5) is 4.39 Å². The molecule has 0 aliphatic carbocycles. The van der Waals surface area contributed by atoms with Gasteiger partial charge < -0.3 is 14.8 Å². The molecule has 1 aliphatic rings. The van der Waals surface area contributed by atoms with Crippen LogP contribution in [0.5, 0.6) is 11.5 Å². The number of benzene rings is 2. The average molecular weight is 416 g/mol. The van der Waals surface area contributed by atoms with E-state index in [1.54, 1.807) is 20.3 Å². The Bertz CT molecular complexity index is 821. The fourth-order valence-corrected chi connectivity index (χ4v) is 3.61. The van der Waals surface area contributed by atoms with Crippen molar-refractivity contribution in [3.05, 3.63) is 59.4 Å². The molecule has 1 fully saturated rings. The van der Waals surface area contributed by atoms with Gasteiger partial charge in [0.2, 0.25) is 5.91 Å². The highest BCUT2D eigenvalue weighted by molar-refractivity contribution is 5.78. The van der Waals surface area contributed by atoms with Crippen molar-refractivity contribution in [2.45, 2.75) is 13.0 Å². The van der Waals surface area contributed by atoms with Gasteiger partial charge in [0.1, 0.15) is 17.3 Å². The molecule has 30 heavy (non-hydrogen) atoms. The number of nitrogens with zero attached hydrogens (tertiary/aromatic N) is 2. The molecule has 1 N–H and O–H groups in total. The summed E-state index contributed by atoms with van der Waals surface area (Å²) in [6.45, 7) is 4.94. The van der Waals surface area contributed by atoms with Gasteiger partial charge in [0.05, 0.1) is 20.8 Å². The Morgan fingerprint density at radius 1 is 1.00 bits per heavy atom. The van der Waals surface area contributed by atoms with Gasteiger partial charge in [0.15, 0.2) is 0 Å². The molecule has 0 saturated carbocycles. The van der Waals surface area contributed by atoms with Crippen LogP contribution in [0.2, 0.25) is 0 Å². The molecule has 1 amide bonds. The number of hydrogen-bond donors (Lipinski definition) is 1. The zero-order valence-electron chi connectivity index (χ0n) is 17.7. The van der Waals surface area contributed by atoms with Crippen LogP contribution < -0.4 is 14.8 Å². The van der Waals surface area contributed by atoms with E-state index in [1.807, 2.05) is 24.3 Å². The molecule has 6 nitrogen and oxygen atoms in total. The van der Waals surface area contributed by atoms with Gasteiger partial charge in [-0.1, -0.05) is 12.1 Å². The number of halogens is 1. The molecule has 1 aliphatic heterocycles. The predicted octanol–water partition coefficient (Wildman–Crippen LogP) is 2.32. The topological polar surface area (TPSA) is 54.0 Å². The Kier molecular flexibility index (Phi) is 8.04. The van der Waals surface area contributed by atoms with Crippen LogP contribution >= 0.6 is 0 Å². The number of hydrogen-bond acceptors (Lipinski definition) is 5. The summed E-state index contributed by atoms with van der Waals surface area (Å²) in [4.78, 5) is 16.7. The summed E-state index contributed by atoms with van der Waals surface area (Å²) < 4.78 is 24.0. The van der Waals surface area contributed by atoms with E-state index in [-0.39, 0.29) is 11.7 Å². The van der Waals surface area contributed by atoms with Gasteiger partial charge in [0.25, 0.3) is 0 Å². The van der Waals surface area contributed by atoms with Crippen LogP contribution in [0.3, 0.4) is 0 Å². The lowest BCUT2D eigenvalue weighted by atomic mass is 10.1. The quantitative estimate of drug-likeness (QED) is 0.681. The molecule has 0 aromatic heterocycles. The van der Waals surface area contributed by atoms with Crippen molar-refractivity contribution in [2.75, 3.05) is 53.5 Å². The standard InChI is InChI=1S/C23H30FN3O3/c1-29-21-6-3-18(4-7-21)9-10-25-23(28)17-27-13-11-26(12-14-27)16-19-15-20(24)5-8-22(19)30-2/h3-8,15H,9-14,16-17H2,1-2H3,(H,25,28). The molecule has 0 unspecified atom stereocenters. The molecule has 0 spiro atoms. The Hall–Kier alpha value is -2.64. The smallest absolute Gasteiger partial charge is 0.234 e. The maximum absolute atomic E-state index is 13.6. The highest BCUT2D eigenvalue weighted by Gasteiger charge is 2.20. The zero-order chi connectivity index (χ0) is 21.3. The first-order valence-corrected chi connectivity index (χ1v) is 10.2. The van der Waals surface area contributed by atoms with E-state index in [9.17, 15) is 9.18 Å². The van der Waals surface area contributed by atoms with Crippen molar-refractivity contribution < 1.29 is 18.7 Å². The predicted molar refractivity (Wildman–Crippen MR) is 114 cm³/mol. The van der Waals surface area contributed by atoms with Crippen molar-refractivity contribution in [1.82, 2.24) is 15.1 Å². The van der Waals surface area contributed by atoms with Crippen molar-refractivity contribution in [3.63, 3.8) is 0 Å². The summed E-state index contributed by atoms with van der Waals surface area (Å²) in [6, 6.07) is 12.5. The second kappa shape index (κ2) is 10.9. The van der Waals surface area contributed by atoms with Crippen molar-refractivity contribution in [1.29, 1.82) is 0 Å². The summed E-state index contributed by atoms with van der Waals surface area (Å²) in [5, 5.41) is 3.00. The van der Waals surface area contributed by atoms with E-state index in [0.29, 0.717) is 25.4 Å². The minimum absolute atomic E-state index is 0.0451. The van der Waals surface area contributed by atoms with Gasteiger partial charge >= 0.3 is 0 Å². The number of ether oxygens (including phenoxy) is 2. The first-order chi connectivity index (χ1) is 14.6.